The number of Topliss-reactive ketones (excluding diaryl/α,β-unsaturated/α-hetero) is 1. The van der Waals surface area contributed by atoms with Crippen LogP contribution in [0.25, 0.3) is 0 Å². The van der Waals surface area contributed by atoms with Crippen LogP contribution in [0.3, 0.4) is 0 Å². The van der Waals surface area contributed by atoms with Crippen molar-refractivity contribution in [1.29, 1.82) is 0 Å². The smallest absolute Gasteiger partial charge is 0.303 e. The van der Waals surface area contributed by atoms with E-state index in [0.717, 1.165) is 41.0 Å². The molecule has 1 saturated heterocycles. The molecule has 3 aromatic rings. The quantitative estimate of drug-likeness (QED) is 0.0203. The number of ether oxygens (including phenoxy) is 1. The predicted molar refractivity (Wildman–Crippen MR) is 346 cm³/mol. The maximum absolute atomic E-state index is 14.9. The molecule has 5 rings (SSSR count). The monoisotopic (exact) mass is 1300 g/mol. The molecule has 0 saturated carbocycles. The minimum atomic E-state index is -1.34. The fraction of sp³-hybridized carbons (Fsp3) is 0.567. The standard InChI is InChI=1S/C67H94N10O14S/c1-13-41(6)60(67(90)75(11)53(40(4)5)36-55(91-45(10)79)66-73-52(38-92-66)64(88)70-49(34-42(7)44(9)78)35-46-19-15-14-16-20-46)74-65(89)54-21-17-18-32-77(54,12)37-47-22-24-48(25-23-47)69-62(86)50(26-29-59(83)84)72-61(85)43(8)68-63(87)51(33-39(2)3)71-56(80)30-31-76-57(81)27-28-58(76)82/h14-16,19-20,22-25,27-28,38-43,49-51,53-55,60H,13,17-18,21,26,29-37H2,1-12H3,(H6-,68,69,70,71,72,74,80,83,84,85,86,87,88,89)/p+1/t41-,42-,43-,49+,50-,51+,53+,54+,55+,60-,77?/m0/s1. The van der Waals surface area contributed by atoms with Crippen LogP contribution in [0.15, 0.2) is 72.1 Å². The largest absolute Gasteiger partial charge is 0.481 e. The van der Waals surface area contributed by atoms with Crippen molar-refractivity contribution in [3.8, 4) is 0 Å². The highest BCUT2D eigenvalue weighted by molar-refractivity contribution is 7.09. The summed E-state index contributed by atoms with van der Waals surface area (Å²) in [6.07, 6.45) is 4.25. The van der Waals surface area contributed by atoms with Gasteiger partial charge in [-0.05, 0) is 87.8 Å². The van der Waals surface area contributed by atoms with E-state index < -0.39 is 102 Å². The Kier molecular flexibility index (Phi) is 28.4. The number of benzene rings is 2. The molecule has 502 valence electrons. The first-order valence-corrected chi connectivity index (χ1v) is 32.7. The number of carboxylic acid groups (broad SMARTS) is 1. The van der Waals surface area contributed by atoms with Gasteiger partial charge in [0.05, 0.1) is 13.6 Å². The molecule has 2 aliphatic heterocycles. The van der Waals surface area contributed by atoms with Crippen molar-refractivity contribution in [2.45, 2.75) is 195 Å². The molecule has 7 N–H and O–H groups in total. The van der Waals surface area contributed by atoms with Gasteiger partial charge in [0, 0.05) is 93.0 Å². The number of hydrogen-bond donors (Lipinski definition) is 7. The number of aromatic nitrogens is 1. The van der Waals surface area contributed by atoms with E-state index in [9.17, 15) is 62.6 Å². The lowest BCUT2D eigenvalue weighted by atomic mass is 9.92. The molecule has 0 spiro atoms. The number of carbonyl (C=O) groups excluding carboxylic acids is 11. The number of imide groups is 1. The van der Waals surface area contributed by atoms with Gasteiger partial charge in [-0.15, -0.1) is 11.3 Å². The molecule has 2 aliphatic rings. The first-order valence-electron chi connectivity index (χ1n) is 31.8. The van der Waals surface area contributed by atoms with Crippen LogP contribution in [0, 0.1) is 23.7 Å². The zero-order chi connectivity index (χ0) is 68.1. The molecule has 25 heteroatoms. The zero-order valence-corrected chi connectivity index (χ0v) is 56.0. The number of thiazole rings is 1. The number of carboxylic acids is 1. The number of esters is 1. The molecule has 11 atom stereocenters. The van der Waals surface area contributed by atoms with Crippen molar-refractivity contribution >= 4 is 87.9 Å². The van der Waals surface area contributed by atoms with E-state index in [0.29, 0.717) is 54.0 Å². The number of amides is 9. The van der Waals surface area contributed by atoms with E-state index in [1.807, 2.05) is 85.8 Å². The topological polar surface area (TPSA) is 326 Å². The molecule has 3 heterocycles. The van der Waals surface area contributed by atoms with Gasteiger partial charge in [0.15, 0.2) is 12.1 Å². The van der Waals surface area contributed by atoms with Crippen LogP contribution in [0.5, 0.6) is 0 Å². The van der Waals surface area contributed by atoms with Crippen LogP contribution in [0.2, 0.25) is 0 Å². The predicted octanol–water partition coefficient (Wildman–Crippen LogP) is 5.95. The van der Waals surface area contributed by atoms with E-state index in [-0.39, 0.29) is 85.2 Å². The summed E-state index contributed by atoms with van der Waals surface area (Å²) in [5.74, 6) is -7.53. The highest BCUT2D eigenvalue weighted by atomic mass is 32.1. The molecule has 1 fully saturated rings. The Balaban J connectivity index is 1.23. The van der Waals surface area contributed by atoms with E-state index in [2.05, 4.69) is 36.9 Å². The van der Waals surface area contributed by atoms with Crippen molar-refractivity contribution in [3.63, 3.8) is 0 Å². The lowest BCUT2D eigenvalue weighted by molar-refractivity contribution is -0.942. The number of rotatable bonds is 35. The van der Waals surface area contributed by atoms with Crippen LogP contribution < -0.4 is 31.9 Å². The molecular weight excluding hydrogens is 1200 g/mol. The fourth-order valence-corrected chi connectivity index (χ4v) is 12.4. The second-order valence-electron chi connectivity index (χ2n) is 25.6. The molecule has 0 radical (unpaired) electrons. The summed E-state index contributed by atoms with van der Waals surface area (Å²) < 4.78 is 6.20. The molecule has 0 bridgehead atoms. The number of nitrogens with zero attached hydrogens (tertiary/aromatic N) is 4. The fourth-order valence-electron chi connectivity index (χ4n) is 11.6. The molecule has 24 nitrogen and oxygen atoms in total. The van der Waals surface area contributed by atoms with Gasteiger partial charge < -0.3 is 51.1 Å². The lowest BCUT2D eigenvalue weighted by Crippen LogP contribution is -2.63. The van der Waals surface area contributed by atoms with Gasteiger partial charge in [-0.25, -0.2) is 4.98 Å². The summed E-state index contributed by atoms with van der Waals surface area (Å²) in [5, 5.41) is 28.3. The normalized spacial score (nSPS) is 18.5. The Labute approximate surface area is 543 Å². The number of anilines is 1. The van der Waals surface area contributed by atoms with Crippen LogP contribution in [0.4, 0.5) is 5.69 Å². The maximum Gasteiger partial charge on any atom is 0.303 e. The highest BCUT2D eigenvalue weighted by Crippen LogP contribution is 2.33. The van der Waals surface area contributed by atoms with Gasteiger partial charge in [-0.1, -0.05) is 97.4 Å². The number of likely N-dealkylation sites (tertiary alicyclic amines) is 1. The molecule has 0 aliphatic carbocycles. The van der Waals surface area contributed by atoms with Gasteiger partial charge in [-0.3, -0.25) is 62.4 Å². The average molecular weight is 1300 g/mol. The van der Waals surface area contributed by atoms with Crippen LogP contribution in [-0.2, 0) is 70.4 Å². The Bertz CT molecular complexity index is 3120. The number of aliphatic carboxylic acids is 1. The average Bonchev–Trinajstić information content (AvgIpc) is 1.01. The van der Waals surface area contributed by atoms with Gasteiger partial charge in [-0.2, -0.15) is 0 Å². The maximum atomic E-state index is 14.9. The van der Waals surface area contributed by atoms with Crippen molar-refractivity contribution in [2.75, 3.05) is 32.5 Å². The molecule has 1 unspecified atom stereocenters. The lowest BCUT2D eigenvalue weighted by Gasteiger charge is -2.44. The summed E-state index contributed by atoms with van der Waals surface area (Å²) in [4.78, 5) is 165. The Hall–Kier alpha value is -8.19. The second-order valence-corrected chi connectivity index (χ2v) is 26.5. The third kappa shape index (κ3) is 22.3. The van der Waals surface area contributed by atoms with Crippen LogP contribution in [0.1, 0.15) is 166 Å². The van der Waals surface area contributed by atoms with Crippen LogP contribution >= 0.6 is 11.3 Å². The Morgan fingerprint density at radius 3 is 2.03 bits per heavy atom. The second kappa shape index (κ2) is 35.0. The van der Waals surface area contributed by atoms with E-state index >= 15 is 0 Å². The SMILES string of the molecule is CC[C@H](C)[C@H](NC(=O)[C@H]1CCCC[N+]1(C)Cc1ccc(NC(=O)[C@H](CCC(=O)O)NC(=O)[C@H](C)NC(=O)[C@@H](CC(C)C)NC(=O)CCN2C(=O)C=CC2=O)cc1)C(=O)N(C)[C@H](C[C@@H](OC(C)=O)c1nc(C(=O)N[C@@H](Cc2ccccc2)C[C@H](C)C(C)=O)cs1)C(C)C. The zero-order valence-electron chi connectivity index (χ0n) is 55.2. The molecule has 9 amide bonds. The first-order chi connectivity index (χ1) is 43.4. The van der Waals surface area contributed by atoms with Gasteiger partial charge in [0.1, 0.15) is 47.2 Å². The van der Waals surface area contributed by atoms with E-state index in [4.69, 9.17) is 4.74 Å². The van der Waals surface area contributed by atoms with Crippen molar-refractivity contribution in [1.82, 2.24) is 41.4 Å². The van der Waals surface area contributed by atoms with E-state index in [1.165, 1.54) is 32.1 Å². The first kappa shape index (κ1) is 74.5. The van der Waals surface area contributed by atoms with Crippen molar-refractivity contribution < 1.29 is 71.9 Å². The number of likely N-dealkylation sites (N-methyl/N-ethyl adjacent to an activating group) is 2. The third-order valence-corrected chi connectivity index (χ3v) is 18.2. The molecular formula is C67H95N10O14S+. The molecule has 2 aromatic carbocycles. The van der Waals surface area contributed by atoms with E-state index in [1.54, 1.807) is 41.6 Å². The summed E-state index contributed by atoms with van der Waals surface area (Å²) in [7, 11) is 3.69. The number of ketones is 1. The Morgan fingerprint density at radius 1 is 0.772 bits per heavy atom. The number of nitrogens with one attached hydrogen (secondary N) is 6. The summed E-state index contributed by atoms with van der Waals surface area (Å²) in [6, 6.07) is 10.6. The summed E-state index contributed by atoms with van der Waals surface area (Å²) in [6.45, 7) is 18.3. The Morgan fingerprint density at radius 2 is 1.43 bits per heavy atom. The van der Waals surface area contributed by atoms with Crippen LogP contribution in [-0.4, -0.2) is 165 Å². The highest BCUT2D eigenvalue weighted by Gasteiger charge is 2.44. The van der Waals surface area contributed by atoms with Gasteiger partial charge in [0.25, 0.3) is 23.6 Å². The number of quaternary nitrogens is 1. The third-order valence-electron chi connectivity index (χ3n) is 17.2. The number of carbonyl (C=O) groups is 12. The molecule has 92 heavy (non-hydrogen) atoms. The minimum Gasteiger partial charge on any atom is -0.481 e. The summed E-state index contributed by atoms with van der Waals surface area (Å²) >= 11 is 1.17. The number of piperidine rings is 1. The number of hydrogen-bond acceptors (Lipinski definition) is 15. The van der Waals surface area contributed by atoms with Crippen molar-refractivity contribution in [3.05, 3.63) is 94.0 Å². The summed E-state index contributed by atoms with van der Waals surface area (Å²) in [5.41, 5.74) is 2.30. The van der Waals surface area contributed by atoms with Gasteiger partial charge >= 0.3 is 11.9 Å². The molecule has 1 aromatic heterocycles. The minimum absolute atomic E-state index is 0.0127. The van der Waals surface area contributed by atoms with Crippen molar-refractivity contribution in [2.24, 2.45) is 23.7 Å². The van der Waals surface area contributed by atoms with Gasteiger partial charge in [0.2, 0.25) is 29.5 Å².